The lowest BCUT2D eigenvalue weighted by Gasteiger charge is -2.17. The van der Waals surface area contributed by atoms with Crippen molar-refractivity contribution in [2.24, 2.45) is 0 Å². The third kappa shape index (κ3) is 3.37. The Balaban J connectivity index is 2.10. The molecule has 1 aromatic carbocycles. The molecule has 8 heteroatoms. The van der Waals surface area contributed by atoms with Gasteiger partial charge in [0.15, 0.2) is 5.69 Å². The summed E-state index contributed by atoms with van der Waals surface area (Å²) in [5, 5.41) is 13.3. The van der Waals surface area contributed by atoms with Crippen LogP contribution in [0, 0.1) is 0 Å². The molecule has 2 aromatic rings. The van der Waals surface area contributed by atoms with Crippen LogP contribution < -0.4 is 4.74 Å². The Kier molecular flexibility index (Phi) is 4.21. The van der Waals surface area contributed by atoms with Gasteiger partial charge in [-0.15, -0.1) is 13.2 Å². The van der Waals surface area contributed by atoms with Crippen molar-refractivity contribution in [3.8, 4) is 17.0 Å². The normalized spacial score (nSPS) is 15.6. The number of ether oxygens (including phenoxy) is 1. The van der Waals surface area contributed by atoms with Gasteiger partial charge in [0, 0.05) is 5.56 Å². The van der Waals surface area contributed by atoms with Gasteiger partial charge in [0.25, 0.3) is 0 Å². The molecule has 3 rings (SSSR count). The third-order valence-electron chi connectivity index (χ3n) is 4.01. The van der Waals surface area contributed by atoms with Crippen LogP contribution in [0.2, 0.25) is 0 Å². The maximum absolute atomic E-state index is 12.6. The maximum atomic E-state index is 12.6. The van der Waals surface area contributed by atoms with E-state index in [1.807, 2.05) is 0 Å². The Morgan fingerprint density at radius 3 is 2.54 bits per heavy atom. The maximum Gasteiger partial charge on any atom is 0.573 e. The largest absolute Gasteiger partial charge is 0.573 e. The first-order valence-corrected chi connectivity index (χ1v) is 7.53. The zero-order valence-electron chi connectivity index (χ0n) is 12.6. The van der Waals surface area contributed by atoms with Crippen LogP contribution in [0.5, 0.6) is 5.75 Å². The van der Waals surface area contributed by atoms with Crippen molar-refractivity contribution >= 4 is 5.97 Å². The first-order valence-electron chi connectivity index (χ1n) is 7.53. The lowest BCUT2D eigenvalue weighted by atomic mass is 10.1. The Morgan fingerprint density at radius 2 is 1.92 bits per heavy atom. The standard InChI is InChI=1S/C16H15F3N2O3/c17-16(18,19)24-14-8-4-3-7-11(14)13-9-12(15(22)23)20-21(13)10-5-1-2-6-10/h3-4,7-10H,1-2,5-6H2,(H,22,23). The Hall–Kier alpha value is -2.51. The van der Waals surface area contributed by atoms with Crippen molar-refractivity contribution < 1.29 is 27.8 Å². The second-order valence-electron chi connectivity index (χ2n) is 5.65. The molecule has 1 N–H and O–H groups in total. The molecule has 0 spiro atoms. The highest BCUT2D eigenvalue weighted by molar-refractivity contribution is 5.87. The van der Waals surface area contributed by atoms with E-state index < -0.39 is 12.3 Å². The van der Waals surface area contributed by atoms with Crippen molar-refractivity contribution in [1.82, 2.24) is 9.78 Å². The smallest absolute Gasteiger partial charge is 0.476 e. The number of nitrogens with zero attached hydrogens (tertiary/aromatic N) is 2. The Labute approximate surface area is 135 Å². The third-order valence-corrected chi connectivity index (χ3v) is 4.01. The molecular formula is C16H15F3N2O3. The number of aromatic carboxylic acids is 1. The predicted molar refractivity (Wildman–Crippen MR) is 78.8 cm³/mol. The number of carboxylic acids is 1. The summed E-state index contributed by atoms with van der Waals surface area (Å²) < 4.78 is 43.5. The molecule has 0 aliphatic heterocycles. The molecule has 0 amide bonds. The van der Waals surface area contributed by atoms with E-state index in [-0.39, 0.29) is 23.0 Å². The molecule has 0 atom stereocenters. The van der Waals surface area contributed by atoms with Crippen LogP contribution in [-0.4, -0.2) is 27.2 Å². The molecule has 0 radical (unpaired) electrons. The lowest BCUT2D eigenvalue weighted by Crippen LogP contribution is -2.18. The molecule has 1 fully saturated rings. The summed E-state index contributed by atoms with van der Waals surface area (Å²) in [6, 6.07) is 6.94. The van der Waals surface area contributed by atoms with E-state index in [9.17, 15) is 23.1 Å². The quantitative estimate of drug-likeness (QED) is 0.903. The summed E-state index contributed by atoms with van der Waals surface area (Å²) in [7, 11) is 0. The number of rotatable bonds is 4. The van der Waals surface area contributed by atoms with Crippen molar-refractivity contribution in [1.29, 1.82) is 0 Å². The predicted octanol–water partition coefficient (Wildman–Crippen LogP) is 4.26. The van der Waals surface area contributed by atoms with Crippen molar-refractivity contribution in [2.75, 3.05) is 0 Å². The van der Waals surface area contributed by atoms with Gasteiger partial charge in [-0.25, -0.2) is 4.79 Å². The van der Waals surface area contributed by atoms with E-state index in [1.54, 1.807) is 6.07 Å². The summed E-state index contributed by atoms with van der Waals surface area (Å²) >= 11 is 0. The number of carbonyl (C=O) groups is 1. The van der Waals surface area contributed by atoms with Crippen LogP contribution in [0.25, 0.3) is 11.3 Å². The van der Waals surface area contributed by atoms with Crippen LogP contribution >= 0.6 is 0 Å². The molecule has 1 heterocycles. The molecule has 128 valence electrons. The fourth-order valence-corrected chi connectivity index (χ4v) is 3.02. The van der Waals surface area contributed by atoms with Crippen LogP contribution in [0.1, 0.15) is 42.2 Å². The number of para-hydroxylation sites is 1. The Bertz CT molecular complexity index is 749. The summed E-state index contributed by atoms with van der Waals surface area (Å²) in [5.74, 6) is -1.59. The molecule has 1 aliphatic carbocycles. The van der Waals surface area contributed by atoms with E-state index in [1.165, 1.54) is 28.9 Å². The molecular weight excluding hydrogens is 325 g/mol. The summed E-state index contributed by atoms with van der Waals surface area (Å²) in [4.78, 5) is 11.2. The van der Waals surface area contributed by atoms with Crippen LogP contribution in [-0.2, 0) is 0 Å². The minimum atomic E-state index is -4.83. The molecule has 5 nitrogen and oxygen atoms in total. The monoisotopic (exact) mass is 340 g/mol. The molecule has 0 bridgehead atoms. The SMILES string of the molecule is O=C(O)c1cc(-c2ccccc2OC(F)(F)F)n(C2CCCC2)n1. The van der Waals surface area contributed by atoms with E-state index in [0.29, 0.717) is 5.69 Å². The minimum Gasteiger partial charge on any atom is -0.476 e. The van der Waals surface area contributed by atoms with Crippen molar-refractivity contribution in [2.45, 2.75) is 38.1 Å². The van der Waals surface area contributed by atoms with E-state index in [4.69, 9.17) is 0 Å². The topological polar surface area (TPSA) is 64.3 Å². The number of alkyl halides is 3. The second-order valence-corrected chi connectivity index (χ2v) is 5.65. The molecule has 1 aliphatic rings. The van der Waals surface area contributed by atoms with E-state index >= 15 is 0 Å². The Morgan fingerprint density at radius 1 is 1.25 bits per heavy atom. The zero-order valence-corrected chi connectivity index (χ0v) is 12.6. The average molecular weight is 340 g/mol. The van der Waals surface area contributed by atoms with Crippen molar-refractivity contribution in [3.05, 3.63) is 36.0 Å². The first-order chi connectivity index (χ1) is 11.3. The van der Waals surface area contributed by atoms with Gasteiger partial charge in [0.2, 0.25) is 0 Å². The number of benzene rings is 1. The highest BCUT2D eigenvalue weighted by Crippen LogP contribution is 2.38. The van der Waals surface area contributed by atoms with Gasteiger partial charge in [0.1, 0.15) is 5.75 Å². The highest BCUT2D eigenvalue weighted by atomic mass is 19.4. The van der Waals surface area contributed by atoms with Crippen LogP contribution in [0.3, 0.4) is 0 Å². The molecule has 24 heavy (non-hydrogen) atoms. The summed E-state index contributed by atoms with van der Waals surface area (Å²) in [6.45, 7) is 0. The van der Waals surface area contributed by atoms with Gasteiger partial charge in [-0.3, -0.25) is 4.68 Å². The molecule has 1 aromatic heterocycles. The number of hydrogen-bond donors (Lipinski definition) is 1. The van der Waals surface area contributed by atoms with Gasteiger partial charge in [-0.2, -0.15) is 5.10 Å². The first kappa shape index (κ1) is 16.4. The second kappa shape index (κ2) is 6.18. The zero-order chi connectivity index (χ0) is 17.3. The van der Waals surface area contributed by atoms with Gasteiger partial charge < -0.3 is 9.84 Å². The number of hydrogen-bond acceptors (Lipinski definition) is 3. The van der Waals surface area contributed by atoms with Gasteiger partial charge >= 0.3 is 12.3 Å². The van der Waals surface area contributed by atoms with E-state index in [2.05, 4.69) is 9.84 Å². The number of aromatic nitrogens is 2. The van der Waals surface area contributed by atoms with Gasteiger partial charge in [-0.05, 0) is 31.0 Å². The van der Waals surface area contributed by atoms with E-state index in [0.717, 1.165) is 25.7 Å². The van der Waals surface area contributed by atoms with Gasteiger partial charge in [0.05, 0.1) is 11.7 Å². The molecule has 1 saturated carbocycles. The van der Waals surface area contributed by atoms with Crippen LogP contribution in [0.4, 0.5) is 13.2 Å². The van der Waals surface area contributed by atoms with Gasteiger partial charge in [-0.1, -0.05) is 25.0 Å². The molecule has 0 unspecified atom stereocenters. The minimum absolute atomic E-state index is 0.0213. The highest BCUT2D eigenvalue weighted by Gasteiger charge is 2.33. The lowest BCUT2D eigenvalue weighted by molar-refractivity contribution is -0.274. The number of halogens is 3. The average Bonchev–Trinajstić information content (AvgIpc) is 3.15. The van der Waals surface area contributed by atoms with Crippen molar-refractivity contribution in [3.63, 3.8) is 0 Å². The molecule has 0 saturated heterocycles. The fourth-order valence-electron chi connectivity index (χ4n) is 3.02. The fraction of sp³-hybridized carbons (Fsp3) is 0.375. The summed E-state index contributed by atoms with van der Waals surface area (Å²) in [5.41, 5.74) is 0.291. The number of carboxylic acid groups (broad SMARTS) is 1. The summed E-state index contributed by atoms with van der Waals surface area (Å²) in [6.07, 6.45) is -1.24. The van der Waals surface area contributed by atoms with Crippen LogP contribution in [0.15, 0.2) is 30.3 Å².